The first-order valence-electron chi connectivity index (χ1n) is 6.09. The zero-order valence-electron chi connectivity index (χ0n) is 11.2. The van der Waals surface area contributed by atoms with Gasteiger partial charge in [0.25, 0.3) is 0 Å². The van der Waals surface area contributed by atoms with Gasteiger partial charge in [0.15, 0.2) is 11.5 Å². The monoisotopic (exact) mass is 295 g/mol. The predicted octanol–water partition coefficient (Wildman–Crippen LogP) is 4.37. The van der Waals surface area contributed by atoms with E-state index in [9.17, 15) is 9.50 Å². The van der Waals surface area contributed by atoms with E-state index in [2.05, 4.69) is 5.32 Å². The van der Waals surface area contributed by atoms with Crippen LogP contribution in [0.25, 0.3) is 0 Å². The molecule has 0 radical (unpaired) electrons. The first kappa shape index (κ1) is 14.5. The number of benzene rings is 2. The molecule has 2 aromatic carbocycles. The Balaban J connectivity index is 2.21. The van der Waals surface area contributed by atoms with Gasteiger partial charge in [-0.25, -0.2) is 4.39 Å². The first-order chi connectivity index (χ1) is 9.51. The number of halogens is 2. The highest BCUT2D eigenvalue weighted by Gasteiger charge is 2.11. The van der Waals surface area contributed by atoms with Crippen molar-refractivity contribution in [3.8, 4) is 11.5 Å². The Bertz CT molecular complexity index is 619. The number of hydrogen-bond donors (Lipinski definition) is 2. The molecule has 0 aliphatic heterocycles. The van der Waals surface area contributed by atoms with Gasteiger partial charge >= 0.3 is 0 Å². The number of anilines is 1. The summed E-state index contributed by atoms with van der Waals surface area (Å²) in [5, 5.41) is 13.0. The van der Waals surface area contributed by atoms with E-state index in [-0.39, 0.29) is 11.8 Å². The molecule has 1 atom stereocenters. The van der Waals surface area contributed by atoms with Crippen molar-refractivity contribution in [2.24, 2.45) is 0 Å². The lowest BCUT2D eigenvalue weighted by Gasteiger charge is -2.17. The number of phenolic OH excluding ortho intramolecular Hbond substituents is 1. The molecule has 2 aromatic rings. The van der Waals surface area contributed by atoms with Crippen LogP contribution < -0.4 is 10.1 Å². The molecule has 20 heavy (non-hydrogen) atoms. The highest BCUT2D eigenvalue weighted by molar-refractivity contribution is 6.30. The molecule has 0 spiro atoms. The molecule has 0 saturated heterocycles. The number of nitrogens with one attached hydrogen (secondary N) is 1. The third kappa shape index (κ3) is 3.14. The summed E-state index contributed by atoms with van der Waals surface area (Å²) in [6.07, 6.45) is 0. The van der Waals surface area contributed by atoms with Crippen molar-refractivity contribution in [3.05, 3.63) is 52.8 Å². The zero-order chi connectivity index (χ0) is 14.7. The Labute approximate surface area is 122 Å². The number of methoxy groups -OCH3 is 1. The van der Waals surface area contributed by atoms with Gasteiger partial charge in [0.05, 0.1) is 12.8 Å². The summed E-state index contributed by atoms with van der Waals surface area (Å²) in [7, 11) is 1.48. The van der Waals surface area contributed by atoms with Gasteiger partial charge in [0.1, 0.15) is 5.82 Å². The van der Waals surface area contributed by atoms with Gasteiger partial charge in [-0.05, 0) is 42.8 Å². The van der Waals surface area contributed by atoms with Gasteiger partial charge in [0.2, 0.25) is 0 Å². The zero-order valence-corrected chi connectivity index (χ0v) is 11.9. The molecule has 0 heterocycles. The van der Waals surface area contributed by atoms with Crippen molar-refractivity contribution < 1.29 is 14.2 Å². The van der Waals surface area contributed by atoms with Crippen molar-refractivity contribution in [1.29, 1.82) is 0 Å². The fourth-order valence-corrected chi connectivity index (χ4v) is 2.05. The lowest BCUT2D eigenvalue weighted by Crippen LogP contribution is -2.08. The van der Waals surface area contributed by atoms with Crippen LogP contribution in [0.4, 0.5) is 10.1 Å². The molecule has 0 aliphatic rings. The Morgan fingerprint density at radius 3 is 2.65 bits per heavy atom. The Kier molecular flexibility index (Phi) is 4.35. The van der Waals surface area contributed by atoms with Gasteiger partial charge < -0.3 is 15.2 Å². The fourth-order valence-electron chi connectivity index (χ4n) is 1.89. The summed E-state index contributed by atoms with van der Waals surface area (Å²) in [5.74, 6) is 0.0453. The molecular formula is C15H15ClFNO2. The van der Waals surface area contributed by atoms with E-state index in [1.54, 1.807) is 30.3 Å². The maximum absolute atomic E-state index is 13.7. The molecule has 2 N–H and O–H groups in total. The van der Waals surface area contributed by atoms with E-state index >= 15 is 0 Å². The Morgan fingerprint density at radius 2 is 2.00 bits per heavy atom. The van der Waals surface area contributed by atoms with Gasteiger partial charge in [-0.2, -0.15) is 0 Å². The van der Waals surface area contributed by atoms with E-state index in [0.29, 0.717) is 16.5 Å². The second-order valence-electron chi connectivity index (χ2n) is 4.42. The van der Waals surface area contributed by atoms with Crippen LogP contribution in [0.5, 0.6) is 11.5 Å². The minimum Gasteiger partial charge on any atom is -0.504 e. The van der Waals surface area contributed by atoms with Gasteiger partial charge in [0, 0.05) is 11.1 Å². The molecule has 5 heteroatoms. The highest BCUT2D eigenvalue weighted by Crippen LogP contribution is 2.30. The van der Waals surface area contributed by atoms with Crippen molar-refractivity contribution in [2.75, 3.05) is 12.4 Å². The molecular weight excluding hydrogens is 281 g/mol. The summed E-state index contributed by atoms with van der Waals surface area (Å²) >= 11 is 5.72. The summed E-state index contributed by atoms with van der Waals surface area (Å²) in [6.45, 7) is 1.89. The summed E-state index contributed by atoms with van der Waals surface area (Å²) in [4.78, 5) is 0. The third-order valence-electron chi connectivity index (χ3n) is 3.01. The first-order valence-corrected chi connectivity index (χ1v) is 6.47. The molecule has 2 rings (SSSR count). The van der Waals surface area contributed by atoms with Crippen LogP contribution in [0.15, 0.2) is 36.4 Å². The predicted molar refractivity (Wildman–Crippen MR) is 78.1 cm³/mol. The maximum Gasteiger partial charge on any atom is 0.160 e. The molecule has 106 valence electrons. The molecule has 0 fully saturated rings. The molecule has 0 saturated carbocycles. The molecule has 0 aromatic heterocycles. The fraction of sp³-hybridized carbons (Fsp3) is 0.200. The van der Waals surface area contributed by atoms with E-state index < -0.39 is 5.82 Å². The number of aromatic hydroxyl groups is 1. The second kappa shape index (κ2) is 6.01. The van der Waals surface area contributed by atoms with E-state index in [1.807, 2.05) is 6.92 Å². The molecule has 3 nitrogen and oxygen atoms in total. The van der Waals surface area contributed by atoms with Crippen molar-refractivity contribution in [3.63, 3.8) is 0 Å². The van der Waals surface area contributed by atoms with Gasteiger partial charge in [-0.3, -0.25) is 0 Å². The summed E-state index contributed by atoms with van der Waals surface area (Å²) in [6, 6.07) is 9.33. The topological polar surface area (TPSA) is 41.5 Å². The molecule has 0 bridgehead atoms. The summed E-state index contributed by atoms with van der Waals surface area (Å²) < 4.78 is 18.8. The molecule has 0 amide bonds. The average molecular weight is 296 g/mol. The largest absolute Gasteiger partial charge is 0.504 e. The highest BCUT2D eigenvalue weighted by atomic mass is 35.5. The molecule has 1 unspecified atom stereocenters. The number of hydrogen-bond acceptors (Lipinski definition) is 3. The van der Waals surface area contributed by atoms with Crippen LogP contribution in [0.1, 0.15) is 18.5 Å². The Hall–Kier alpha value is -1.94. The van der Waals surface area contributed by atoms with Crippen LogP contribution >= 0.6 is 11.6 Å². The lowest BCUT2D eigenvalue weighted by molar-refractivity contribution is 0.373. The van der Waals surface area contributed by atoms with Crippen LogP contribution in [-0.2, 0) is 0 Å². The van der Waals surface area contributed by atoms with Crippen molar-refractivity contribution in [2.45, 2.75) is 13.0 Å². The number of phenols is 1. The normalized spacial score (nSPS) is 12.0. The minimum atomic E-state index is -0.407. The van der Waals surface area contributed by atoms with Crippen molar-refractivity contribution >= 4 is 17.3 Å². The van der Waals surface area contributed by atoms with E-state index in [4.69, 9.17) is 16.3 Å². The number of rotatable bonds is 4. The lowest BCUT2D eigenvalue weighted by atomic mass is 10.1. The van der Waals surface area contributed by atoms with Gasteiger partial charge in [-0.1, -0.05) is 17.7 Å². The second-order valence-corrected chi connectivity index (χ2v) is 4.86. The van der Waals surface area contributed by atoms with Gasteiger partial charge in [-0.15, -0.1) is 0 Å². The van der Waals surface area contributed by atoms with E-state index in [0.717, 1.165) is 5.56 Å². The standard InChI is InChI=1S/C15H15ClFNO2/c1-9(10-3-6-14(19)15(7-10)20-2)18-13-5-4-11(16)8-12(13)17/h3-9,18-19H,1-2H3. The number of ether oxygens (including phenoxy) is 1. The quantitative estimate of drug-likeness (QED) is 0.880. The van der Waals surface area contributed by atoms with Crippen molar-refractivity contribution in [1.82, 2.24) is 0 Å². The summed E-state index contributed by atoms with van der Waals surface area (Å²) in [5.41, 5.74) is 1.24. The van der Waals surface area contributed by atoms with Crippen LogP contribution in [0.3, 0.4) is 0 Å². The smallest absolute Gasteiger partial charge is 0.160 e. The maximum atomic E-state index is 13.7. The minimum absolute atomic E-state index is 0.0705. The SMILES string of the molecule is COc1cc(C(C)Nc2ccc(Cl)cc2F)ccc1O. The Morgan fingerprint density at radius 1 is 1.25 bits per heavy atom. The van der Waals surface area contributed by atoms with Crippen LogP contribution in [0.2, 0.25) is 5.02 Å². The van der Waals surface area contributed by atoms with Crippen LogP contribution in [0, 0.1) is 5.82 Å². The van der Waals surface area contributed by atoms with Crippen LogP contribution in [-0.4, -0.2) is 12.2 Å². The average Bonchev–Trinajstić information content (AvgIpc) is 2.42. The molecule has 0 aliphatic carbocycles. The van der Waals surface area contributed by atoms with E-state index in [1.165, 1.54) is 13.2 Å². The third-order valence-corrected chi connectivity index (χ3v) is 3.24.